The number of anilines is 2. The molecule has 1 fully saturated rings. The summed E-state index contributed by atoms with van der Waals surface area (Å²) >= 11 is 12.4. The maximum atomic E-state index is 14.4. The van der Waals surface area contributed by atoms with Gasteiger partial charge in [-0.25, -0.2) is 18.7 Å². The molecule has 0 unspecified atom stereocenters. The Kier molecular flexibility index (Phi) is 8.58. The van der Waals surface area contributed by atoms with Crippen LogP contribution in [-0.4, -0.2) is 67.1 Å². The molecule has 216 valence electrons. The van der Waals surface area contributed by atoms with Gasteiger partial charge in [0.1, 0.15) is 30.0 Å². The van der Waals surface area contributed by atoms with Crippen molar-refractivity contribution in [2.24, 2.45) is 5.41 Å². The van der Waals surface area contributed by atoms with E-state index in [-0.39, 0.29) is 34.1 Å². The van der Waals surface area contributed by atoms with E-state index in [1.54, 1.807) is 13.1 Å². The molecule has 13 heteroatoms. The van der Waals surface area contributed by atoms with E-state index in [4.69, 9.17) is 32.7 Å². The fourth-order valence-electron chi connectivity index (χ4n) is 4.73. The fourth-order valence-corrected chi connectivity index (χ4v) is 5.29. The molecule has 1 saturated heterocycles. The van der Waals surface area contributed by atoms with E-state index in [1.807, 2.05) is 12.1 Å². The summed E-state index contributed by atoms with van der Waals surface area (Å²) in [4.78, 5) is 35.8. The maximum Gasteiger partial charge on any atom is 0.289 e. The van der Waals surface area contributed by atoms with E-state index in [2.05, 4.69) is 20.6 Å². The van der Waals surface area contributed by atoms with Gasteiger partial charge in [0.25, 0.3) is 11.8 Å². The Morgan fingerprint density at radius 1 is 1.20 bits per heavy atom. The molecule has 1 atom stereocenters. The van der Waals surface area contributed by atoms with E-state index in [0.29, 0.717) is 43.1 Å². The van der Waals surface area contributed by atoms with Crippen LogP contribution in [0.1, 0.15) is 23.5 Å². The van der Waals surface area contributed by atoms with Crippen LogP contribution < -0.4 is 20.3 Å². The molecule has 3 aromatic rings. The summed E-state index contributed by atoms with van der Waals surface area (Å²) in [5, 5.41) is 5.98. The number of nitrogens with zero attached hydrogens (tertiary/aromatic N) is 3. The first-order valence-corrected chi connectivity index (χ1v) is 13.8. The Hall–Kier alpha value is -3.54. The standard InChI is InChI=1S/C28H27Cl2F2N5O4/c1-37-22-11-17(34-15-28(14-29)6-8-40-9-7-28)3-5-23(22)41-13-21(27(37)39)35-26(38)25-33-12-19(30)24(36-25)18-4-2-16(31)10-20(18)32/h2-5,10-12,21,34H,6-9,13-15H2,1H3,(H,35,38)/t21-/m0/s1. The monoisotopic (exact) mass is 605 g/mol. The average Bonchev–Trinajstić information content (AvgIpc) is 3.09. The molecule has 1 aromatic heterocycles. The van der Waals surface area contributed by atoms with Gasteiger partial charge in [-0.15, -0.1) is 11.6 Å². The van der Waals surface area contributed by atoms with E-state index < -0.39 is 29.5 Å². The number of carbonyl (C=O) groups is 2. The number of benzene rings is 2. The lowest BCUT2D eigenvalue weighted by Gasteiger charge is -2.36. The zero-order valence-electron chi connectivity index (χ0n) is 22.1. The molecule has 0 aliphatic carbocycles. The number of fused-ring (bicyclic) bond motifs is 1. The highest BCUT2D eigenvalue weighted by atomic mass is 35.5. The van der Waals surface area contributed by atoms with Crippen LogP contribution in [-0.2, 0) is 9.53 Å². The number of hydrogen-bond donors (Lipinski definition) is 2. The molecule has 9 nitrogen and oxygen atoms in total. The Bertz CT molecular complexity index is 1470. The van der Waals surface area contributed by atoms with Crippen molar-refractivity contribution in [3.63, 3.8) is 0 Å². The molecule has 0 bridgehead atoms. The van der Waals surface area contributed by atoms with Crippen molar-refractivity contribution in [1.29, 1.82) is 0 Å². The van der Waals surface area contributed by atoms with Crippen LogP contribution in [0, 0.1) is 17.0 Å². The largest absolute Gasteiger partial charge is 0.489 e. The Balaban J connectivity index is 1.30. The number of alkyl halides is 1. The van der Waals surface area contributed by atoms with Crippen LogP contribution in [0.15, 0.2) is 42.6 Å². The van der Waals surface area contributed by atoms with Gasteiger partial charge in [-0.05, 0) is 43.2 Å². The molecule has 3 heterocycles. The van der Waals surface area contributed by atoms with Crippen molar-refractivity contribution in [2.75, 3.05) is 49.5 Å². The second-order valence-electron chi connectivity index (χ2n) is 10.0. The third-order valence-electron chi connectivity index (χ3n) is 7.30. The van der Waals surface area contributed by atoms with E-state index in [0.717, 1.165) is 36.9 Å². The summed E-state index contributed by atoms with van der Waals surface area (Å²) in [5.74, 6) is -2.26. The Labute approximate surface area is 245 Å². The number of aromatic nitrogens is 2. The minimum absolute atomic E-state index is 0.0330. The molecule has 2 amide bonds. The van der Waals surface area contributed by atoms with Crippen LogP contribution in [0.5, 0.6) is 5.75 Å². The van der Waals surface area contributed by atoms with Crippen molar-refractivity contribution in [1.82, 2.24) is 15.3 Å². The third-order valence-corrected chi connectivity index (χ3v) is 8.14. The first-order chi connectivity index (χ1) is 19.7. The van der Waals surface area contributed by atoms with Crippen LogP contribution in [0.25, 0.3) is 11.3 Å². The van der Waals surface area contributed by atoms with Gasteiger partial charge in [0, 0.05) is 55.4 Å². The van der Waals surface area contributed by atoms with Crippen LogP contribution in [0.4, 0.5) is 20.2 Å². The topological polar surface area (TPSA) is 106 Å². The van der Waals surface area contributed by atoms with Gasteiger partial charge in [-0.2, -0.15) is 0 Å². The first-order valence-electron chi connectivity index (χ1n) is 12.9. The van der Waals surface area contributed by atoms with Crippen molar-refractivity contribution in [3.8, 4) is 17.0 Å². The molecule has 2 aliphatic rings. The summed E-state index contributed by atoms with van der Waals surface area (Å²) < 4.78 is 39.1. The highest BCUT2D eigenvalue weighted by Gasteiger charge is 2.33. The highest BCUT2D eigenvalue weighted by Crippen LogP contribution is 2.36. The number of halogens is 4. The summed E-state index contributed by atoms with van der Waals surface area (Å²) in [5.41, 5.74) is 1.05. The Morgan fingerprint density at radius 2 is 1.98 bits per heavy atom. The average molecular weight is 606 g/mol. The summed E-state index contributed by atoms with van der Waals surface area (Å²) in [6.07, 6.45) is 2.85. The predicted octanol–water partition coefficient (Wildman–Crippen LogP) is 4.68. The van der Waals surface area contributed by atoms with Gasteiger partial charge >= 0.3 is 0 Å². The van der Waals surface area contributed by atoms with E-state index >= 15 is 0 Å². The van der Waals surface area contributed by atoms with Crippen molar-refractivity contribution in [3.05, 3.63) is 65.1 Å². The van der Waals surface area contributed by atoms with Gasteiger partial charge in [0.15, 0.2) is 0 Å². The summed E-state index contributed by atoms with van der Waals surface area (Å²) in [6, 6.07) is 7.26. The number of nitrogens with one attached hydrogen (secondary N) is 2. The van der Waals surface area contributed by atoms with Crippen molar-refractivity contribution in [2.45, 2.75) is 18.9 Å². The van der Waals surface area contributed by atoms with Crippen LogP contribution >= 0.6 is 23.2 Å². The van der Waals surface area contributed by atoms with E-state index in [1.165, 1.54) is 4.90 Å². The molecule has 2 aromatic carbocycles. The van der Waals surface area contributed by atoms with Crippen LogP contribution in [0.3, 0.4) is 0 Å². The number of amides is 2. The lowest BCUT2D eigenvalue weighted by Crippen LogP contribution is -2.49. The van der Waals surface area contributed by atoms with Crippen LogP contribution in [0.2, 0.25) is 5.02 Å². The lowest BCUT2D eigenvalue weighted by molar-refractivity contribution is -0.120. The molecule has 0 saturated carbocycles. The second kappa shape index (κ2) is 12.1. The van der Waals surface area contributed by atoms with Gasteiger partial charge in [-0.3, -0.25) is 9.59 Å². The van der Waals surface area contributed by atoms with Gasteiger partial charge in [-0.1, -0.05) is 11.6 Å². The maximum absolute atomic E-state index is 14.4. The zero-order valence-corrected chi connectivity index (χ0v) is 23.6. The van der Waals surface area contributed by atoms with Gasteiger partial charge in [0.2, 0.25) is 5.82 Å². The normalized spacial score (nSPS) is 18.2. The molecular formula is C28H27Cl2F2N5O4. The number of hydrogen-bond acceptors (Lipinski definition) is 7. The number of carbonyl (C=O) groups excluding carboxylic acids is 2. The van der Waals surface area contributed by atoms with Crippen molar-refractivity contribution < 1.29 is 27.8 Å². The first kappa shape index (κ1) is 29.0. The molecule has 2 aliphatic heterocycles. The fraction of sp³-hybridized carbons (Fsp3) is 0.357. The molecule has 5 rings (SSSR count). The molecular weight excluding hydrogens is 579 g/mol. The van der Waals surface area contributed by atoms with E-state index in [9.17, 15) is 18.4 Å². The quantitative estimate of drug-likeness (QED) is 0.377. The van der Waals surface area contributed by atoms with Gasteiger partial charge in [0.05, 0.1) is 22.6 Å². The molecule has 41 heavy (non-hydrogen) atoms. The number of likely N-dealkylation sites (N-methyl/N-ethyl adjacent to an activating group) is 1. The summed E-state index contributed by atoms with van der Waals surface area (Å²) in [6.45, 7) is 1.85. The predicted molar refractivity (Wildman–Crippen MR) is 151 cm³/mol. The molecule has 0 spiro atoms. The second-order valence-corrected chi connectivity index (χ2v) is 10.7. The van der Waals surface area contributed by atoms with Crippen molar-refractivity contribution >= 4 is 46.4 Å². The highest BCUT2D eigenvalue weighted by molar-refractivity contribution is 6.33. The number of rotatable bonds is 7. The SMILES string of the molecule is CN1C(=O)[C@@H](NC(=O)c2ncc(Cl)c(-c3ccc(F)cc3F)n2)COc2ccc(NCC3(CCl)CCOCC3)cc21. The molecule has 2 N–H and O–H groups in total. The minimum atomic E-state index is -1.07. The Morgan fingerprint density at radius 3 is 2.71 bits per heavy atom. The third kappa shape index (κ3) is 6.22. The summed E-state index contributed by atoms with van der Waals surface area (Å²) in [7, 11) is 1.59. The molecule has 0 radical (unpaired) electrons. The zero-order chi connectivity index (χ0) is 29.1. The minimum Gasteiger partial charge on any atom is -0.489 e. The number of ether oxygens (including phenoxy) is 2. The smallest absolute Gasteiger partial charge is 0.289 e. The van der Waals surface area contributed by atoms with Gasteiger partial charge < -0.3 is 25.0 Å². The lowest BCUT2D eigenvalue weighted by atomic mass is 9.82.